The molecule has 3 aromatic rings. The highest BCUT2D eigenvalue weighted by Gasteiger charge is 2.38. The van der Waals surface area contributed by atoms with Gasteiger partial charge >= 0.3 is 0 Å². The maximum absolute atomic E-state index is 13.2. The Balaban J connectivity index is 1.51. The fourth-order valence-corrected chi connectivity index (χ4v) is 6.04. The van der Waals surface area contributed by atoms with Crippen LogP contribution in [0.2, 0.25) is 0 Å². The molecule has 158 valence electrons. The van der Waals surface area contributed by atoms with Crippen molar-refractivity contribution in [1.82, 2.24) is 4.98 Å². The van der Waals surface area contributed by atoms with Gasteiger partial charge in [-0.3, -0.25) is 9.71 Å². The van der Waals surface area contributed by atoms with E-state index < -0.39 is 10.0 Å². The quantitative estimate of drug-likeness (QED) is 0.548. The first-order valence-electron chi connectivity index (χ1n) is 10.5. The number of sulfonamides is 1. The van der Waals surface area contributed by atoms with Gasteiger partial charge in [0.1, 0.15) is 0 Å². The maximum atomic E-state index is 13.2. The summed E-state index contributed by atoms with van der Waals surface area (Å²) >= 11 is 0. The Morgan fingerprint density at radius 3 is 2.61 bits per heavy atom. The largest absolute Gasteiger partial charge is 0.378 e. The van der Waals surface area contributed by atoms with Gasteiger partial charge in [-0.25, -0.2) is 8.42 Å². The molecule has 1 aliphatic heterocycles. The number of fused-ring (bicyclic) bond motifs is 3. The van der Waals surface area contributed by atoms with E-state index in [1.807, 2.05) is 56.4 Å². The predicted octanol–water partition coefficient (Wildman–Crippen LogP) is 5.33. The highest BCUT2D eigenvalue weighted by molar-refractivity contribution is 7.92. The van der Waals surface area contributed by atoms with Crippen LogP contribution in [-0.4, -0.2) is 13.4 Å². The highest BCUT2D eigenvalue weighted by atomic mass is 32.2. The number of allylic oxidation sites excluding steroid dienone is 2. The average Bonchev–Trinajstić information content (AvgIpc) is 3.26. The summed E-state index contributed by atoms with van der Waals surface area (Å²) in [6.07, 6.45) is 9.05. The summed E-state index contributed by atoms with van der Waals surface area (Å²) in [6, 6.07) is 15.3. The van der Waals surface area contributed by atoms with E-state index in [0.717, 1.165) is 34.4 Å². The number of nitrogens with zero attached hydrogens (tertiary/aromatic N) is 1. The zero-order chi connectivity index (χ0) is 21.6. The van der Waals surface area contributed by atoms with Gasteiger partial charge in [0, 0.05) is 24.0 Å². The minimum Gasteiger partial charge on any atom is -0.378 e. The molecule has 0 fully saturated rings. The molecule has 1 aromatic heterocycles. The van der Waals surface area contributed by atoms with Crippen LogP contribution in [-0.2, 0) is 10.0 Å². The molecule has 2 heterocycles. The molecule has 0 saturated heterocycles. The predicted molar refractivity (Wildman–Crippen MR) is 124 cm³/mol. The summed E-state index contributed by atoms with van der Waals surface area (Å²) in [5.41, 5.74) is 5.62. The Labute approximate surface area is 183 Å². The molecule has 2 aliphatic rings. The first-order valence-corrected chi connectivity index (χ1v) is 12.0. The van der Waals surface area contributed by atoms with Crippen LogP contribution in [0.5, 0.6) is 0 Å². The zero-order valence-corrected chi connectivity index (χ0v) is 18.4. The number of benzene rings is 2. The molecule has 5 rings (SSSR count). The van der Waals surface area contributed by atoms with Crippen molar-refractivity contribution in [2.24, 2.45) is 5.92 Å². The van der Waals surface area contributed by atoms with Crippen LogP contribution in [0.25, 0.3) is 0 Å². The lowest BCUT2D eigenvalue weighted by molar-refractivity contribution is 0.424. The van der Waals surface area contributed by atoms with Crippen LogP contribution in [0.3, 0.4) is 0 Å². The molecule has 1 aliphatic carbocycles. The van der Waals surface area contributed by atoms with Crippen molar-refractivity contribution in [3.05, 3.63) is 95.3 Å². The Bertz CT molecular complexity index is 1250. The number of aryl methyl sites for hydroxylation is 2. The molecule has 2 aromatic carbocycles. The molecule has 0 bridgehead atoms. The summed E-state index contributed by atoms with van der Waals surface area (Å²) in [5.74, 6) is 0.512. The van der Waals surface area contributed by atoms with E-state index in [9.17, 15) is 8.42 Å². The lowest BCUT2D eigenvalue weighted by atomic mass is 9.77. The highest BCUT2D eigenvalue weighted by Crippen LogP contribution is 2.50. The van der Waals surface area contributed by atoms with Gasteiger partial charge in [0.2, 0.25) is 0 Å². The first-order chi connectivity index (χ1) is 14.9. The summed E-state index contributed by atoms with van der Waals surface area (Å²) in [6.45, 7) is 3.82. The molecule has 3 unspecified atom stereocenters. The van der Waals surface area contributed by atoms with Gasteiger partial charge in [-0.1, -0.05) is 36.4 Å². The van der Waals surface area contributed by atoms with Gasteiger partial charge in [-0.15, -0.1) is 0 Å². The number of para-hydroxylation sites is 1. The van der Waals surface area contributed by atoms with Crippen molar-refractivity contribution in [1.29, 1.82) is 0 Å². The third kappa shape index (κ3) is 3.51. The van der Waals surface area contributed by atoms with E-state index in [1.165, 1.54) is 0 Å². The second-order valence-electron chi connectivity index (χ2n) is 8.38. The lowest BCUT2D eigenvalue weighted by Gasteiger charge is -2.37. The number of nitrogens with one attached hydrogen (secondary N) is 2. The molecule has 2 N–H and O–H groups in total. The first kappa shape index (κ1) is 19.8. The summed E-state index contributed by atoms with van der Waals surface area (Å²) in [4.78, 5) is 4.57. The van der Waals surface area contributed by atoms with Gasteiger partial charge in [-0.05, 0) is 72.7 Å². The van der Waals surface area contributed by atoms with Crippen LogP contribution in [0.1, 0.15) is 40.6 Å². The molecule has 0 saturated carbocycles. The molecule has 6 heteroatoms. The zero-order valence-electron chi connectivity index (χ0n) is 17.5. The fraction of sp³-hybridized carbons (Fsp3) is 0.240. The van der Waals surface area contributed by atoms with Gasteiger partial charge in [0.15, 0.2) is 0 Å². The van der Waals surface area contributed by atoms with Crippen molar-refractivity contribution in [3.8, 4) is 0 Å². The van der Waals surface area contributed by atoms with Crippen LogP contribution in [0.4, 0.5) is 11.4 Å². The number of pyridine rings is 1. The van der Waals surface area contributed by atoms with Crippen LogP contribution in [0, 0.1) is 19.8 Å². The maximum Gasteiger partial charge on any atom is 0.261 e. The van der Waals surface area contributed by atoms with Crippen LogP contribution < -0.4 is 10.0 Å². The third-order valence-corrected chi connectivity index (χ3v) is 7.75. The van der Waals surface area contributed by atoms with Crippen molar-refractivity contribution in [3.63, 3.8) is 0 Å². The molecule has 0 radical (unpaired) electrons. The van der Waals surface area contributed by atoms with E-state index in [4.69, 9.17) is 0 Å². The van der Waals surface area contributed by atoms with Crippen molar-refractivity contribution in [2.45, 2.75) is 37.1 Å². The molecule has 31 heavy (non-hydrogen) atoms. The Hall–Kier alpha value is -3.12. The van der Waals surface area contributed by atoms with Crippen LogP contribution >= 0.6 is 0 Å². The van der Waals surface area contributed by atoms with E-state index in [1.54, 1.807) is 12.3 Å². The summed E-state index contributed by atoms with van der Waals surface area (Å²) < 4.78 is 29.2. The fourth-order valence-electron chi connectivity index (χ4n) is 4.80. The van der Waals surface area contributed by atoms with Crippen LogP contribution in [0.15, 0.2) is 78.0 Å². The number of anilines is 2. The number of hydrogen-bond acceptors (Lipinski definition) is 4. The molecular weight excluding hydrogens is 406 g/mol. The van der Waals surface area contributed by atoms with Crippen molar-refractivity contribution >= 4 is 21.4 Å². The Morgan fingerprint density at radius 2 is 1.87 bits per heavy atom. The number of aromatic nitrogens is 1. The second-order valence-corrected chi connectivity index (χ2v) is 10.1. The molecule has 0 amide bonds. The number of hydrogen-bond donors (Lipinski definition) is 2. The third-order valence-electron chi connectivity index (χ3n) is 6.41. The Morgan fingerprint density at radius 1 is 1.06 bits per heavy atom. The number of rotatable bonds is 4. The smallest absolute Gasteiger partial charge is 0.261 e. The van der Waals surface area contributed by atoms with Crippen molar-refractivity contribution < 1.29 is 8.42 Å². The average molecular weight is 432 g/mol. The van der Waals surface area contributed by atoms with Gasteiger partial charge in [-0.2, -0.15) is 0 Å². The Kier molecular flexibility index (Phi) is 4.82. The minimum absolute atomic E-state index is 0.149. The van der Waals surface area contributed by atoms with E-state index in [2.05, 4.69) is 33.2 Å². The molecule has 3 atom stereocenters. The van der Waals surface area contributed by atoms with Gasteiger partial charge < -0.3 is 5.32 Å². The standard InChI is InChI=1S/C25H25N3O2S/c1-16-6-3-7-17(2)24(16)28-31(29,30)19-11-12-23-22(14-19)20-9-4-10-21(20)25(27-23)18-8-5-13-26-15-18/h3-9,11-15,20-21,25,27-28H,10H2,1-2H3. The van der Waals surface area contributed by atoms with Gasteiger partial charge in [0.05, 0.1) is 16.6 Å². The van der Waals surface area contributed by atoms with Crippen molar-refractivity contribution in [2.75, 3.05) is 10.0 Å². The SMILES string of the molecule is Cc1cccc(C)c1NS(=O)(=O)c1ccc2c(c1)C1C=CCC1C(c1cccnc1)N2. The van der Waals surface area contributed by atoms with E-state index in [-0.39, 0.29) is 16.9 Å². The molecular formula is C25H25N3O2S. The lowest BCUT2D eigenvalue weighted by Crippen LogP contribution is -2.29. The van der Waals surface area contributed by atoms with E-state index in [0.29, 0.717) is 11.6 Å². The topological polar surface area (TPSA) is 71.1 Å². The minimum atomic E-state index is -3.70. The van der Waals surface area contributed by atoms with E-state index >= 15 is 0 Å². The van der Waals surface area contributed by atoms with Gasteiger partial charge in [0.25, 0.3) is 10.0 Å². The summed E-state index contributed by atoms with van der Waals surface area (Å²) in [5, 5.41) is 3.64. The monoisotopic (exact) mass is 431 g/mol. The second kappa shape index (κ2) is 7.54. The molecule has 5 nitrogen and oxygen atoms in total. The molecule has 0 spiro atoms. The summed E-state index contributed by atoms with van der Waals surface area (Å²) in [7, 11) is -3.70. The normalized spacial score (nSPS) is 21.8.